The Kier molecular flexibility index (Phi) is 8.08. The molecule has 6 rings (SSSR count). The summed E-state index contributed by atoms with van der Waals surface area (Å²) in [4.78, 5) is 44.4. The van der Waals surface area contributed by atoms with Crippen LogP contribution in [0.4, 0.5) is 0 Å². The molecule has 3 aromatic rings. The minimum absolute atomic E-state index is 0.00711. The van der Waals surface area contributed by atoms with E-state index in [2.05, 4.69) is 29.2 Å². The van der Waals surface area contributed by atoms with Crippen molar-refractivity contribution in [3.8, 4) is 5.75 Å². The van der Waals surface area contributed by atoms with Gasteiger partial charge in [-0.2, -0.15) is 0 Å². The standard InChI is InChI=1S/C32H36N4O6/c33-31(39)29(5-6-30(37)38)36-17-24-15-26(3-4-28(24)32(36)40)42-27-7-10-35(19-27)18-25-14-22-2-1-21(13-23(22)16-34-25)20-8-11-41-12-9-20/h1-4,13-16,20,27,29H,5-12,17-19H2,(H2,33,39)(H,37,38). The van der Waals surface area contributed by atoms with Crippen molar-refractivity contribution in [2.24, 2.45) is 5.73 Å². The molecule has 2 atom stereocenters. The summed E-state index contributed by atoms with van der Waals surface area (Å²) in [7, 11) is 0. The Morgan fingerprint density at radius 2 is 1.93 bits per heavy atom. The number of likely N-dealkylation sites (tertiary alicyclic amines) is 1. The maximum Gasteiger partial charge on any atom is 0.303 e. The molecule has 3 aliphatic rings. The number of ether oxygens (including phenoxy) is 2. The van der Waals surface area contributed by atoms with E-state index in [1.165, 1.54) is 21.2 Å². The molecule has 2 aromatic carbocycles. The maximum absolute atomic E-state index is 12.9. The van der Waals surface area contributed by atoms with E-state index in [4.69, 9.17) is 25.3 Å². The highest BCUT2D eigenvalue weighted by Crippen LogP contribution is 2.32. The molecule has 0 radical (unpaired) electrons. The number of carbonyl (C=O) groups excluding carboxylic acids is 2. The predicted octanol–water partition coefficient (Wildman–Crippen LogP) is 3.46. The van der Waals surface area contributed by atoms with Crippen molar-refractivity contribution in [1.29, 1.82) is 0 Å². The fraction of sp³-hybridized carbons (Fsp3) is 0.438. The zero-order valence-corrected chi connectivity index (χ0v) is 23.5. The summed E-state index contributed by atoms with van der Waals surface area (Å²) in [5, 5.41) is 11.4. The predicted molar refractivity (Wildman–Crippen MR) is 155 cm³/mol. The van der Waals surface area contributed by atoms with Crippen molar-refractivity contribution in [2.45, 2.75) is 63.3 Å². The monoisotopic (exact) mass is 572 g/mol. The number of benzene rings is 2. The molecule has 42 heavy (non-hydrogen) atoms. The molecule has 0 saturated carbocycles. The molecule has 0 bridgehead atoms. The molecule has 3 N–H and O–H groups in total. The second-order valence-electron chi connectivity index (χ2n) is 11.5. The van der Waals surface area contributed by atoms with Gasteiger partial charge in [0.05, 0.1) is 5.69 Å². The first kappa shape index (κ1) is 28.1. The molecule has 0 aliphatic carbocycles. The molecule has 2 amide bonds. The van der Waals surface area contributed by atoms with Crippen LogP contribution in [0.1, 0.15) is 65.2 Å². The number of pyridine rings is 1. The first-order valence-corrected chi connectivity index (χ1v) is 14.6. The van der Waals surface area contributed by atoms with Gasteiger partial charge in [-0.1, -0.05) is 12.1 Å². The number of primary amides is 1. The molecule has 1 aromatic heterocycles. The third kappa shape index (κ3) is 6.10. The molecule has 4 heterocycles. The van der Waals surface area contributed by atoms with E-state index in [1.54, 1.807) is 12.1 Å². The van der Waals surface area contributed by atoms with Gasteiger partial charge in [0.25, 0.3) is 5.91 Å². The lowest BCUT2D eigenvalue weighted by Crippen LogP contribution is -2.45. The lowest BCUT2D eigenvalue weighted by molar-refractivity contribution is -0.137. The summed E-state index contributed by atoms with van der Waals surface area (Å²) in [5.41, 5.74) is 9.14. The number of carboxylic acids is 1. The van der Waals surface area contributed by atoms with Gasteiger partial charge < -0.3 is 25.2 Å². The van der Waals surface area contributed by atoms with Crippen molar-refractivity contribution in [1.82, 2.24) is 14.8 Å². The van der Waals surface area contributed by atoms with Crippen LogP contribution in [0.5, 0.6) is 5.75 Å². The van der Waals surface area contributed by atoms with E-state index in [0.29, 0.717) is 17.2 Å². The van der Waals surface area contributed by atoms with Crippen LogP contribution in [0.2, 0.25) is 0 Å². The summed E-state index contributed by atoms with van der Waals surface area (Å²) in [6.07, 6.45) is 4.75. The zero-order chi connectivity index (χ0) is 29.2. The van der Waals surface area contributed by atoms with Gasteiger partial charge in [0.1, 0.15) is 17.9 Å². The number of hydrogen-bond acceptors (Lipinski definition) is 7. The highest BCUT2D eigenvalue weighted by atomic mass is 16.5. The van der Waals surface area contributed by atoms with Crippen LogP contribution in [0.3, 0.4) is 0 Å². The number of aliphatic carboxylic acids is 1. The summed E-state index contributed by atoms with van der Waals surface area (Å²) >= 11 is 0. The number of aromatic nitrogens is 1. The number of amides is 2. The molecule has 2 fully saturated rings. The minimum atomic E-state index is -1.04. The summed E-state index contributed by atoms with van der Waals surface area (Å²) in [5.74, 6) is -0.838. The summed E-state index contributed by atoms with van der Waals surface area (Å²) in [6.45, 7) is 4.27. The van der Waals surface area contributed by atoms with Crippen molar-refractivity contribution >= 4 is 28.6 Å². The third-order valence-electron chi connectivity index (χ3n) is 8.66. The maximum atomic E-state index is 12.9. The van der Waals surface area contributed by atoms with Gasteiger partial charge in [-0.05, 0) is 78.4 Å². The van der Waals surface area contributed by atoms with E-state index in [1.807, 2.05) is 12.3 Å². The number of carboxylic acid groups (broad SMARTS) is 1. The fourth-order valence-electron chi connectivity index (χ4n) is 6.39. The van der Waals surface area contributed by atoms with E-state index in [9.17, 15) is 14.4 Å². The molecule has 10 heteroatoms. The number of rotatable bonds is 10. The van der Waals surface area contributed by atoms with Gasteiger partial charge in [-0.15, -0.1) is 0 Å². The molecule has 3 aliphatic heterocycles. The number of nitrogens with zero attached hydrogens (tertiary/aromatic N) is 3. The van der Waals surface area contributed by atoms with E-state index in [-0.39, 0.29) is 31.4 Å². The average molecular weight is 573 g/mol. The average Bonchev–Trinajstić information content (AvgIpc) is 3.56. The first-order valence-electron chi connectivity index (χ1n) is 14.6. The van der Waals surface area contributed by atoms with Crippen LogP contribution in [-0.2, 0) is 27.4 Å². The number of hydrogen-bond donors (Lipinski definition) is 2. The Balaban J connectivity index is 1.05. The van der Waals surface area contributed by atoms with Crippen LogP contribution < -0.4 is 10.5 Å². The summed E-state index contributed by atoms with van der Waals surface area (Å²) in [6, 6.07) is 13.3. The zero-order valence-electron chi connectivity index (χ0n) is 23.5. The van der Waals surface area contributed by atoms with Crippen molar-refractivity contribution in [2.75, 3.05) is 26.3 Å². The van der Waals surface area contributed by atoms with Crippen molar-refractivity contribution < 1.29 is 29.0 Å². The van der Waals surface area contributed by atoms with Gasteiger partial charge in [-0.25, -0.2) is 0 Å². The van der Waals surface area contributed by atoms with Crippen LogP contribution >= 0.6 is 0 Å². The Morgan fingerprint density at radius 3 is 2.71 bits per heavy atom. The SMILES string of the molecule is NC(=O)C(CCC(=O)O)N1Cc2cc(OC3CCN(Cc4cc5ccc(C6CCOCC6)cc5cn4)C3)ccc2C1=O. The van der Waals surface area contributed by atoms with Crippen LogP contribution in [0, 0.1) is 0 Å². The molecule has 10 nitrogen and oxygen atoms in total. The normalized spacial score (nSPS) is 20.1. The van der Waals surface area contributed by atoms with Gasteiger partial charge in [0.15, 0.2) is 0 Å². The highest BCUT2D eigenvalue weighted by molar-refractivity contribution is 6.01. The summed E-state index contributed by atoms with van der Waals surface area (Å²) < 4.78 is 11.8. The highest BCUT2D eigenvalue weighted by Gasteiger charge is 2.36. The Labute approximate surface area is 244 Å². The van der Waals surface area contributed by atoms with Gasteiger partial charge in [0, 0.05) is 63.0 Å². The smallest absolute Gasteiger partial charge is 0.303 e. The molecule has 2 unspecified atom stereocenters. The Hall–Kier alpha value is -4.02. The number of fused-ring (bicyclic) bond motifs is 2. The third-order valence-corrected chi connectivity index (χ3v) is 8.66. The largest absolute Gasteiger partial charge is 0.489 e. The molecule has 2 saturated heterocycles. The number of nitrogens with two attached hydrogens (primary N) is 1. The second-order valence-corrected chi connectivity index (χ2v) is 11.5. The van der Waals surface area contributed by atoms with Gasteiger partial charge in [-0.3, -0.25) is 24.3 Å². The fourth-order valence-corrected chi connectivity index (χ4v) is 6.39. The Bertz CT molecular complexity index is 1500. The van der Waals surface area contributed by atoms with E-state index < -0.39 is 17.9 Å². The lowest BCUT2D eigenvalue weighted by atomic mass is 9.90. The molecular weight excluding hydrogens is 536 g/mol. The van der Waals surface area contributed by atoms with Crippen LogP contribution in [0.25, 0.3) is 10.8 Å². The molecule has 0 spiro atoms. The van der Waals surface area contributed by atoms with Crippen LogP contribution in [0.15, 0.2) is 48.7 Å². The molecular formula is C32H36N4O6. The lowest BCUT2D eigenvalue weighted by Gasteiger charge is -2.24. The van der Waals surface area contributed by atoms with Gasteiger partial charge >= 0.3 is 5.97 Å². The topological polar surface area (TPSA) is 135 Å². The quantitative estimate of drug-likeness (QED) is 0.377. The second kappa shape index (κ2) is 12.1. The van der Waals surface area contributed by atoms with E-state index in [0.717, 1.165) is 63.4 Å². The van der Waals surface area contributed by atoms with Crippen LogP contribution in [-0.4, -0.2) is 76.1 Å². The van der Waals surface area contributed by atoms with Crippen molar-refractivity contribution in [3.63, 3.8) is 0 Å². The van der Waals surface area contributed by atoms with E-state index >= 15 is 0 Å². The van der Waals surface area contributed by atoms with Crippen molar-refractivity contribution in [3.05, 3.63) is 71.0 Å². The molecule has 220 valence electrons. The minimum Gasteiger partial charge on any atom is -0.489 e. The van der Waals surface area contributed by atoms with Gasteiger partial charge in [0.2, 0.25) is 5.91 Å². The number of carbonyl (C=O) groups is 3. The Morgan fingerprint density at radius 1 is 1.10 bits per heavy atom. The first-order chi connectivity index (χ1) is 20.3.